The average Bonchev–Trinajstić information content (AvgIpc) is 2.29. The summed E-state index contributed by atoms with van der Waals surface area (Å²) >= 11 is 6.03. The van der Waals surface area contributed by atoms with Crippen molar-refractivity contribution in [2.75, 3.05) is 7.05 Å². The van der Waals surface area contributed by atoms with Crippen LogP contribution >= 0.6 is 11.6 Å². The van der Waals surface area contributed by atoms with Gasteiger partial charge in [-0.3, -0.25) is 4.98 Å². The van der Waals surface area contributed by atoms with E-state index in [-0.39, 0.29) is 0 Å². The molecule has 17 heavy (non-hydrogen) atoms. The molecule has 0 saturated heterocycles. The lowest BCUT2D eigenvalue weighted by Crippen LogP contribution is -2.06. The van der Waals surface area contributed by atoms with Gasteiger partial charge < -0.3 is 5.32 Å². The summed E-state index contributed by atoms with van der Waals surface area (Å²) in [6, 6.07) is 10.1. The van der Waals surface area contributed by atoms with Gasteiger partial charge in [0.15, 0.2) is 0 Å². The first-order valence-corrected chi connectivity index (χ1v) is 5.94. The summed E-state index contributed by atoms with van der Waals surface area (Å²) in [6.45, 7) is 2.80. The summed E-state index contributed by atoms with van der Waals surface area (Å²) in [6.07, 6.45) is 1.84. The SMILES string of the molecule is CNCc1cc(Cl)ccc1-c1ccnc(C)c1. The van der Waals surface area contributed by atoms with Gasteiger partial charge in [0.05, 0.1) is 0 Å². The molecule has 0 saturated carbocycles. The fraction of sp³-hybridized carbons (Fsp3) is 0.214. The van der Waals surface area contributed by atoms with Crippen LogP contribution in [0.15, 0.2) is 36.5 Å². The second-order valence-corrected chi connectivity index (χ2v) is 4.45. The lowest BCUT2D eigenvalue weighted by atomic mass is 10.00. The Bertz CT molecular complexity index is 523. The molecule has 1 aromatic heterocycles. The molecule has 0 bridgehead atoms. The summed E-state index contributed by atoms with van der Waals surface area (Å²) in [5, 5.41) is 3.93. The molecule has 0 radical (unpaired) electrons. The Hall–Kier alpha value is -1.38. The molecule has 0 atom stereocenters. The third-order valence-electron chi connectivity index (χ3n) is 2.64. The van der Waals surface area contributed by atoms with Crippen LogP contribution in [-0.4, -0.2) is 12.0 Å². The van der Waals surface area contributed by atoms with Crippen LogP contribution in [-0.2, 0) is 6.54 Å². The fourth-order valence-corrected chi connectivity index (χ4v) is 2.09. The normalized spacial score (nSPS) is 10.5. The largest absolute Gasteiger partial charge is 0.316 e. The molecule has 0 aliphatic rings. The van der Waals surface area contributed by atoms with Gasteiger partial charge in [0, 0.05) is 23.5 Å². The molecule has 1 aromatic carbocycles. The van der Waals surface area contributed by atoms with Crippen LogP contribution in [0.1, 0.15) is 11.3 Å². The Morgan fingerprint density at radius 3 is 2.76 bits per heavy atom. The molecule has 1 heterocycles. The van der Waals surface area contributed by atoms with Gasteiger partial charge in [-0.05, 0) is 54.9 Å². The zero-order chi connectivity index (χ0) is 12.3. The third-order valence-corrected chi connectivity index (χ3v) is 2.88. The zero-order valence-corrected chi connectivity index (χ0v) is 10.8. The molecule has 0 unspecified atom stereocenters. The van der Waals surface area contributed by atoms with Crippen molar-refractivity contribution in [1.29, 1.82) is 0 Å². The van der Waals surface area contributed by atoms with Crippen LogP contribution in [0.2, 0.25) is 5.02 Å². The van der Waals surface area contributed by atoms with Crippen LogP contribution in [0.25, 0.3) is 11.1 Å². The van der Waals surface area contributed by atoms with Gasteiger partial charge >= 0.3 is 0 Å². The second kappa shape index (κ2) is 5.30. The number of nitrogens with zero attached hydrogens (tertiary/aromatic N) is 1. The number of benzene rings is 1. The van der Waals surface area contributed by atoms with E-state index < -0.39 is 0 Å². The van der Waals surface area contributed by atoms with E-state index in [4.69, 9.17) is 11.6 Å². The summed E-state index contributed by atoms with van der Waals surface area (Å²) in [5.74, 6) is 0. The second-order valence-electron chi connectivity index (χ2n) is 4.02. The van der Waals surface area contributed by atoms with Crippen LogP contribution in [0, 0.1) is 6.92 Å². The maximum atomic E-state index is 6.03. The van der Waals surface area contributed by atoms with E-state index in [0.717, 1.165) is 17.3 Å². The molecule has 0 fully saturated rings. The minimum Gasteiger partial charge on any atom is -0.316 e. The minimum absolute atomic E-state index is 0.768. The predicted octanol–water partition coefficient (Wildman–Crippen LogP) is 3.43. The van der Waals surface area contributed by atoms with Crippen molar-refractivity contribution in [3.63, 3.8) is 0 Å². The number of hydrogen-bond acceptors (Lipinski definition) is 2. The number of aromatic nitrogens is 1. The van der Waals surface area contributed by atoms with Gasteiger partial charge in [-0.2, -0.15) is 0 Å². The highest BCUT2D eigenvalue weighted by Gasteiger charge is 2.05. The summed E-state index contributed by atoms with van der Waals surface area (Å²) in [4.78, 5) is 4.22. The smallest absolute Gasteiger partial charge is 0.0409 e. The molecule has 0 aliphatic carbocycles. The zero-order valence-electron chi connectivity index (χ0n) is 10.00. The molecule has 2 aromatic rings. The van der Waals surface area contributed by atoms with E-state index in [2.05, 4.69) is 22.4 Å². The molecule has 0 spiro atoms. The van der Waals surface area contributed by atoms with Gasteiger partial charge in [-0.25, -0.2) is 0 Å². The third kappa shape index (κ3) is 2.84. The van der Waals surface area contributed by atoms with Crippen LogP contribution < -0.4 is 5.32 Å². The van der Waals surface area contributed by atoms with E-state index in [1.807, 2.05) is 38.4 Å². The van der Waals surface area contributed by atoms with Crippen molar-refractivity contribution in [2.24, 2.45) is 0 Å². The van der Waals surface area contributed by atoms with E-state index in [0.29, 0.717) is 0 Å². The van der Waals surface area contributed by atoms with Gasteiger partial charge in [0.2, 0.25) is 0 Å². The molecule has 2 rings (SSSR count). The Labute approximate surface area is 107 Å². The van der Waals surface area contributed by atoms with Crippen molar-refractivity contribution in [3.05, 3.63) is 52.8 Å². The lowest BCUT2D eigenvalue weighted by Gasteiger charge is -2.10. The topological polar surface area (TPSA) is 24.9 Å². The van der Waals surface area contributed by atoms with E-state index in [1.165, 1.54) is 16.7 Å². The predicted molar refractivity (Wildman–Crippen MR) is 72.2 cm³/mol. The molecule has 0 amide bonds. The molecule has 1 N–H and O–H groups in total. The van der Waals surface area contributed by atoms with Crippen molar-refractivity contribution < 1.29 is 0 Å². The lowest BCUT2D eigenvalue weighted by molar-refractivity contribution is 0.819. The van der Waals surface area contributed by atoms with Gasteiger partial charge in [0.1, 0.15) is 0 Å². The van der Waals surface area contributed by atoms with E-state index >= 15 is 0 Å². The molecular weight excluding hydrogens is 232 g/mol. The molecule has 3 heteroatoms. The Balaban J connectivity index is 2.50. The maximum absolute atomic E-state index is 6.03. The highest BCUT2D eigenvalue weighted by molar-refractivity contribution is 6.30. The Kier molecular flexibility index (Phi) is 3.77. The summed E-state index contributed by atoms with van der Waals surface area (Å²) in [5.41, 5.74) is 4.60. The first-order chi connectivity index (χ1) is 8.20. The molecular formula is C14H15ClN2. The average molecular weight is 247 g/mol. The van der Waals surface area contributed by atoms with E-state index in [1.54, 1.807) is 0 Å². The van der Waals surface area contributed by atoms with Gasteiger partial charge in [0.25, 0.3) is 0 Å². The fourth-order valence-electron chi connectivity index (χ4n) is 1.89. The highest BCUT2D eigenvalue weighted by atomic mass is 35.5. The number of aryl methyl sites for hydroxylation is 1. The van der Waals surface area contributed by atoms with E-state index in [9.17, 15) is 0 Å². The van der Waals surface area contributed by atoms with Crippen molar-refractivity contribution >= 4 is 11.6 Å². The molecule has 0 aliphatic heterocycles. The van der Waals surface area contributed by atoms with Crippen LogP contribution in [0.3, 0.4) is 0 Å². The monoisotopic (exact) mass is 246 g/mol. The first kappa shape index (κ1) is 12.1. The van der Waals surface area contributed by atoms with Crippen LogP contribution in [0.5, 0.6) is 0 Å². The van der Waals surface area contributed by atoms with Crippen molar-refractivity contribution in [2.45, 2.75) is 13.5 Å². The Morgan fingerprint density at radius 2 is 2.06 bits per heavy atom. The maximum Gasteiger partial charge on any atom is 0.0409 e. The first-order valence-electron chi connectivity index (χ1n) is 5.57. The van der Waals surface area contributed by atoms with Crippen LogP contribution in [0.4, 0.5) is 0 Å². The number of pyridine rings is 1. The number of nitrogens with one attached hydrogen (secondary N) is 1. The Morgan fingerprint density at radius 1 is 1.24 bits per heavy atom. The molecule has 2 nitrogen and oxygen atoms in total. The quantitative estimate of drug-likeness (QED) is 0.898. The van der Waals surface area contributed by atoms with Crippen molar-refractivity contribution in [3.8, 4) is 11.1 Å². The van der Waals surface area contributed by atoms with Gasteiger partial charge in [-0.15, -0.1) is 0 Å². The number of rotatable bonds is 3. The molecule has 88 valence electrons. The number of halogens is 1. The van der Waals surface area contributed by atoms with Crippen molar-refractivity contribution in [1.82, 2.24) is 10.3 Å². The number of hydrogen-bond donors (Lipinski definition) is 1. The summed E-state index contributed by atoms with van der Waals surface area (Å²) in [7, 11) is 1.93. The van der Waals surface area contributed by atoms with Gasteiger partial charge in [-0.1, -0.05) is 17.7 Å². The minimum atomic E-state index is 0.768. The standard InChI is InChI=1S/C14H15ClN2/c1-10-7-11(5-6-17-10)14-4-3-13(15)8-12(14)9-16-2/h3-8,16H,9H2,1-2H3. The summed E-state index contributed by atoms with van der Waals surface area (Å²) < 4.78 is 0. The highest BCUT2D eigenvalue weighted by Crippen LogP contribution is 2.26.